The van der Waals surface area contributed by atoms with Crippen molar-refractivity contribution in [3.8, 4) is 12.1 Å². The van der Waals surface area contributed by atoms with Gasteiger partial charge < -0.3 is 16.1 Å². The summed E-state index contributed by atoms with van der Waals surface area (Å²) >= 11 is 0. The van der Waals surface area contributed by atoms with Crippen molar-refractivity contribution < 1.29 is 5.76 Å². The second-order valence-electron chi connectivity index (χ2n) is 9.10. The molecule has 2 atom stereocenters. The van der Waals surface area contributed by atoms with Crippen LogP contribution in [0.15, 0.2) is 84.8 Å². The van der Waals surface area contributed by atoms with E-state index in [2.05, 4.69) is 45.6 Å². The first-order valence-electron chi connectivity index (χ1n) is 13.0. The maximum Gasteiger partial charge on any atom is 0.123 e. The van der Waals surface area contributed by atoms with Gasteiger partial charge in [-0.25, -0.2) is 4.39 Å². The molecule has 1 aliphatic rings. The lowest BCUT2D eigenvalue weighted by Gasteiger charge is -2.23. The van der Waals surface area contributed by atoms with Crippen LogP contribution in [-0.2, 0) is 0 Å². The molecular weight excluding hydrogens is 491 g/mol. The third-order valence-electron chi connectivity index (χ3n) is 6.50. The van der Waals surface area contributed by atoms with Gasteiger partial charge in [-0.2, -0.15) is 10.5 Å². The van der Waals surface area contributed by atoms with Gasteiger partial charge in [-0.15, -0.1) is 5.53 Å². The molecule has 194 valence electrons. The lowest BCUT2D eigenvalue weighted by molar-refractivity contribution is 0.326. The molecule has 0 radical (unpaired) electrons. The maximum atomic E-state index is 13.8. The molecule has 9 heteroatoms. The van der Waals surface area contributed by atoms with E-state index in [0.29, 0.717) is 39.1 Å². The lowest BCUT2D eigenvalue weighted by atomic mass is 10.00. The number of nitriles is 2. The van der Waals surface area contributed by atoms with Crippen LogP contribution in [0.4, 0.5) is 15.8 Å². The minimum atomic E-state index is -1.59. The Kier molecular flexibility index (Phi) is 6.89. The van der Waals surface area contributed by atoms with Crippen LogP contribution in [0, 0.1) is 28.5 Å². The van der Waals surface area contributed by atoms with Crippen molar-refractivity contribution in [2.45, 2.75) is 25.4 Å². The van der Waals surface area contributed by atoms with Crippen molar-refractivity contribution in [3.63, 3.8) is 0 Å². The molecule has 0 saturated carbocycles. The van der Waals surface area contributed by atoms with E-state index in [0.717, 1.165) is 12.0 Å². The van der Waals surface area contributed by atoms with Crippen LogP contribution in [0.1, 0.15) is 49.0 Å². The van der Waals surface area contributed by atoms with E-state index in [1.54, 1.807) is 30.4 Å². The predicted molar refractivity (Wildman–Crippen MR) is 149 cm³/mol. The zero-order valence-electron chi connectivity index (χ0n) is 22.5. The Morgan fingerprint density at radius 1 is 1.03 bits per heavy atom. The summed E-state index contributed by atoms with van der Waals surface area (Å²) in [5.74, 6) is -0.415. The van der Waals surface area contributed by atoms with E-state index in [4.69, 9.17) is 0 Å². The number of fused-ring (bicyclic) bond motifs is 1. The molecule has 4 aromatic rings. The largest absolute Gasteiger partial charge is 0.377 e. The summed E-state index contributed by atoms with van der Waals surface area (Å²) in [5.41, 5.74) is 9.96. The standard InChI is InChI=1S/C30H27FN8/c1-3-26(19-7-5-4-6-8-19)36-29-22(16-33)17-34-28-21(15-32)13-24(14-25(28)29)35-30(27-18-39(2)38-37-27)20-9-11-23(31)12-10-20/h4-14,17-18,26,30,35,37-38H,3H2,1-2H3,(H,34,36)/t26-,30-/m1/s1/i30D. The van der Waals surface area contributed by atoms with E-state index >= 15 is 0 Å². The van der Waals surface area contributed by atoms with Gasteiger partial charge in [0, 0.05) is 30.5 Å². The number of hydrazine groups is 2. The molecule has 0 saturated heterocycles. The molecule has 5 rings (SSSR count). The van der Waals surface area contributed by atoms with Crippen LogP contribution in [0.25, 0.3) is 10.9 Å². The number of nitrogens with zero attached hydrogens (tertiary/aromatic N) is 4. The smallest absolute Gasteiger partial charge is 0.123 e. The summed E-state index contributed by atoms with van der Waals surface area (Å²) in [6.45, 7) is 2.05. The lowest BCUT2D eigenvalue weighted by Crippen LogP contribution is -2.35. The van der Waals surface area contributed by atoms with E-state index in [-0.39, 0.29) is 11.6 Å². The number of rotatable bonds is 8. The van der Waals surface area contributed by atoms with Crippen molar-refractivity contribution in [1.82, 2.24) is 21.0 Å². The van der Waals surface area contributed by atoms with E-state index in [1.807, 2.05) is 30.3 Å². The van der Waals surface area contributed by atoms with Crippen molar-refractivity contribution in [2.24, 2.45) is 0 Å². The molecule has 2 heterocycles. The molecule has 0 amide bonds. The first kappa shape index (κ1) is 24.2. The summed E-state index contributed by atoms with van der Waals surface area (Å²) < 4.78 is 23.3. The quantitative estimate of drug-likeness (QED) is 0.237. The van der Waals surface area contributed by atoms with Gasteiger partial charge in [0.05, 0.1) is 41.5 Å². The molecule has 8 nitrogen and oxygen atoms in total. The van der Waals surface area contributed by atoms with Gasteiger partial charge in [0.1, 0.15) is 18.0 Å². The molecule has 0 unspecified atom stereocenters. The highest BCUT2D eigenvalue weighted by Crippen LogP contribution is 2.36. The molecule has 39 heavy (non-hydrogen) atoms. The minimum Gasteiger partial charge on any atom is -0.377 e. The SMILES string of the molecule is [2H][C@](Nc1cc(C#N)c2ncc(C#N)c(N[C@H](CC)c3ccccc3)c2c1)(C1=CN(C)NN1)c1ccc(F)cc1. The van der Waals surface area contributed by atoms with Crippen molar-refractivity contribution in [3.05, 3.63) is 113 Å². The minimum absolute atomic E-state index is 0.0926. The highest BCUT2D eigenvalue weighted by Gasteiger charge is 2.23. The fourth-order valence-corrected chi connectivity index (χ4v) is 4.57. The van der Waals surface area contributed by atoms with Crippen LogP contribution in [-0.4, -0.2) is 17.0 Å². The summed E-state index contributed by atoms with van der Waals surface area (Å²) in [6.07, 6.45) is 3.94. The number of pyridine rings is 1. The zero-order valence-corrected chi connectivity index (χ0v) is 21.5. The number of hydrogen-bond acceptors (Lipinski definition) is 8. The summed E-state index contributed by atoms with van der Waals surface area (Å²) in [5, 5.41) is 29.0. The predicted octanol–water partition coefficient (Wildman–Crippen LogP) is 5.63. The number of halogens is 1. The van der Waals surface area contributed by atoms with E-state index in [1.165, 1.54) is 30.5 Å². The first-order chi connectivity index (χ1) is 19.4. The highest BCUT2D eigenvalue weighted by molar-refractivity contribution is 5.99. The van der Waals surface area contributed by atoms with Gasteiger partial charge in [0.2, 0.25) is 0 Å². The highest BCUT2D eigenvalue weighted by atomic mass is 19.1. The Morgan fingerprint density at radius 2 is 1.77 bits per heavy atom. The number of aromatic nitrogens is 1. The fourth-order valence-electron chi connectivity index (χ4n) is 4.57. The normalized spacial score (nSPS) is 15.3. The third kappa shape index (κ3) is 5.30. The number of benzene rings is 3. The Hall–Kier alpha value is -5.12. The van der Waals surface area contributed by atoms with E-state index < -0.39 is 11.8 Å². The monoisotopic (exact) mass is 519 g/mol. The van der Waals surface area contributed by atoms with Gasteiger partial charge in [-0.05, 0) is 41.8 Å². The van der Waals surface area contributed by atoms with Crippen LogP contribution in [0.2, 0.25) is 0 Å². The van der Waals surface area contributed by atoms with Crippen LogP contribution >= 0.6 is 0 Å². The summed E-state index contributed by atoms with van der Waals surface area (Å²) in [7, 11) is 1.78. The number of anilines is 2. The van der Waals surface area contributed by atoms with Gasteiger partial charge in [0.25, 0.3) is 0 Å². The Bertz CT molecular complexity index is 1660. The molecule has 0 bridgehead atoms. The third-order valence-corrected chi connectivity index (χ3v) is 6.50. The molecule has 1 aromatic heterocycles. The second-order valence-corrected chi connectivity index (χ2v) is 9.10. The van der Waals surface area contributed by atoms with Gasteiger partial charge in [0.15, 0.2) is 0 Å². The Labute approximate surface area is 227 Å². The number of hydrogen-bond donors (Lipinski definition) is 4. The molecule has 4 N–H and O–H groups in total. The van der Waals surface area contributed by atoms with Crippen molar-refractivity contribution in [1.29, 1.82) is 10.5 Å². The maximum absolute atomic E-state index is 13.8. The van der Waals surface area contributed by atoms with Gasteiger partial charge >= 0.3 is 0 Å². The van der Waals surface area contributed by atoms with Crippen LogP contribution < -0.4 is 21.6 Å². The van der Waals surface area contributed by atoms with Gasteiger partial charge in [-0.3, -0.25) is 9.99 Å². The van der Waals surface area contributed by atoms with Crippen LogP contribution in [0.5, 0.6) is 0 Å². The van der Waals surface area contributed by atoms with Crippen molar-refractivity contribution >= 4 is 22.3 Å². The Morgan fingerprint density at radius 3 is 2.41 bits per heavy atom. The molecule has 0 aliphatic carbocycles. The van der Waals surface area contributed by atoms with Crippen LogP contribution in [0.3, 0.4) is 0 Å². The fraction of sp³-hybridized carbons (Fsp3) is 0.167. The average Bonchev–Trinajstić information content (AvgIpc) is 3.43. The number of nitrogens with one attached hydrogen (secondary N) is 4. The van der Waals surface area contributed by atoms with E-state index in [9.17, 15) is 16.3 Å². The Balaban J connectivity index is 1.66. The molecule has 0 spiro atoms. The second kappa shape index (κ2) is 11.1. The molecular formula is C30H27FN8. The van der Waals surface area contributed by atoms with Crippen molar-refractivity contribution in [2.75, 3.05) is 17.7 Å². The summed E-state index contributed by atoms with van der Waals surface area (Å²) in [6, 6.07) is 21.8. The molecule has 3 aromatic carbocycles. The molecule has 1 aliphatic heterocycles. The first-order valence-corrected chi connectivity index (χ1v) is 12.5. The summed E-state index contributed by atoms with van der Waals surface area (Å²) in [4.78, 5) is 4.44. The topological polar surface area (TPSA) is 112 Å². The molecule has 0 fully saturated rings. The van der Waals surface area contributed by atoms with Gasteiger partial charge in [-0.1, -0.05) is 49.4 Å². The zero-order chi connectivity index (χ0) is 28.3. The average molecular weight is 520 g/mol.